The average Bonchev–Trinajstić information content (AvgIpc) is 3.44. The number of halogens is 2. The second kappa shape index (κ2) is 13.4. The summed E-state index contributed by atoms with van der Waals surface area (Å²) in [4.78, 5) is 3.00. The molecular formula is C30H29Br2NO7S3. The van der Waals surface area contributed by atoms with Gasteiger partial charge in [-0.25, -0.2) is 0 Å². The summed E-state index contributed by atoms with van der Waals surface area (Å²) in [7, 11) is -8.08. The highest BCUT2D eigenvalue weighted by atomic mass is 79.9. The summed E-state index contributed by atoms with van der Waals surface area (Å²) in [6.07, 6.45) is 4.30. The number of anilines is 1. The van der Waals surface area contributed by atoms with Crippen molar-refractivity contribution in [1.29, 1.82) is 0 Å². The Hall–Kier alpha value is -2.26. The predicted molar refractivity (Wildman–Crippen MR) is 180 cm³/mol. The molecule has 0 saturated carbocycles. The molecule has 43 heavy (non-hydrogen) atoms. The number of nitrogens with zero attached hydrogens (tertiary/aromatic N) is 1. The number of benzene rings is 3. The van der Waals surface area contributed by atoms with Crippen molar-refractivity contribution in [2.24, 2.45) is 0 Å². The molecule has 1 aliphatic rings. The minimum Gasteiger partial charge on any atom is -0.439 e. The number of ether oxygens (including phenoxy) is 1. The molecule has 0 spiro atoms. The van der Waals surface area contributed by atoms with Gasteiger partial charge >= 0.3 is 0 Å². The summed E-state index contributed by atoms with van der Waals surface area (Å²) < 4.78 is 72.9. The van der Waals surface area contributed by atoms with Crippen LogP contribution in [-0.2, 0) is 26.7 Å². The number of unbranched alkanes of at least 4 members (excludes halogenated alkanes) is 2. The fraction of sp³-hybridized carbons (Fsp3) is 0.267. The van der Waals surface area contributed by atoms with Crippen LogP contribution in [0.1, 0.15) is 36.1 Å². The first kappa shape index (κ1) is 32.1. The number of thiophene rings is 1. The molecule has 0 fully saturated rings. The van der Waals surface area contributed by atoms with Gasteiger partial charge in [0.1, 0.15) is 0 Å². The first-order valence-electron chi connectivity index (χ1n) is 13.5. The summed E-state index contributed by atoms with van der Waals surface area (Å²) in [6, 6.07) is 20.1. The summed E-state index contributed by atoms with van der Waals surface area (Å²) in [5, 5.41) is 1.06. The van der Waals surface area contributed by atoms with E-state index in [4.69, 9.17) is 9.29 Å². The van der Waals surface area contributed by atoms with Gasteiger partial charge in [0.15, 0.2) is 5.75 Å². The third kappa shape index (κ3) is 8.47. The minimum absolute atomic E-state index is 0.286. The molecule has 8 nitrogen and oxygen atoms in total. The van der Waals surface area contributed by atoms with Crippen LogP contribution in [-0.4, -0.2) is 44.0 Å². The molecule has 2 heterocycles. The van der Waals surface area contributed by atoms with E-state index in [1.165, 1.54) is 0 Å². The van der Waals surface area contributed by atoms with Gasteiger partial charge in [-0.2, -0.15) is 16.8 Å². The van der Waals surface area contributed by atoms with Gasteiger partial charge in [0, 0.05) is 31.1 Å². The lowest BCUT2D eigenvalue weighted by atomic mass is 10.0. The van der Waals surface area contributed by atoms with E-state index < -0.39 is 20.2 Å². The van der Waals surface area contributed by atoms with Gasteiger partial charge in [-0.05, 0) is 96.6 Å². The van der Waals surface area contributed by atoms with Gasteiger partial charge in [-0.15, -0.1) is 11.3 Å². The standard InChI is InChI=1S/C30H29Br2NO7S3/c31-22-9-6-20(7-10-22)21-8-12-27-26(17-21)33(14-2-4-16-43(37,38)39)30(40-27)19-29-24(5-1-3-15-42(34,35)36)25-18-23(32)11-13-28(25)41-29/h6-13,17-19H,1-5,14-16H2,(H,34,35,36)(H,37,38,39)/b30-19-. The maximum Gasteiger partial charge on any atom is 0.264 e. The van der Waals surface area contributed by atoms with Crippen LogP contribution in [0.3, 0.4) is 0 Å². The molecule has 0 atom stereocenters. The topological polar surface area (TPSA) is 121 Å². The van der Waals surface area contributed by atoms with E-state index in [0.717, 1.165) is 46.3 Å². The molecule has 0 radical (unpaired) electrons. The average molecular weight is 772 g/mol. The summed E-state index contributed by atoms with van der Waals surface area (Å²) in [6.45, 7) is 0.471. The molecular weight excluding hydrogens is 742 g/mol. The lowest BCUT2D eigenvalue weighted by molar-refractivity contribution is 0.442. The molecule has 13 heteroatoms. The third-order valence-electron chi connectivity index (χ3n) is 7.06. The van der Waals surface area contributed by atoms with Crippen molar-refractivity contribution < 1.29 is 30.7 Å². The quantitative estimate of drug-likeness (QED) is 0.109. The van der Waals surface area contributed by atoms with Crippen molar-refractivity contribution in [3.63, 3.8) is 0 Å². The molecule has 0 aliphatic carbocycles. The molecule has 0 amide bonds. The lowest BCUT2D eigenvalue weighted by Gasteiger charge is -2.19. The molecule has 4 aromatic rings. The summed E-state index contributed by atoms with van der Waals surface area (Å²) in [5.41, 5.74) is 3.96. The highest BCUT2D eigenvalue weighted by molar-refractivity contribution is 9.10. The Labute approximate surface area is 272 Å². The SMILES string of the molecule is O=S(=O)(O)CCCCc1c(/C=C2\Oc3ccc(-c4ccc(Br)cc4)cc3N2CCCCS(=O)(=O)O)sc2ccc(Br)cc12. The second-order valence-corrected chi connectivity index (χ2v) is 16.3. The zero-order valence-corrected chi connectivity index (χ0v) is 28.5. The number of hydrogen-bond acceptors (Lipinski definition) is 7. The Morgan fingerprint density at radius 2 is 1.44 bits per heavy atom. The fourth-order valence-electron chi connectivity index (χ4n) is 5.03. The first-order valence-corrected chi connectivity index (χ1v) is 19.2. The van der Waals surface area contributed by atoms with E-state index in [2.05, 4.69) is 37.9 Å². The van der Waals surface area contributed by atoms with E-state index >= 15 is 0 Å². The fourth-order valence-corrected chi connectivity index (χ4v) is 7.95. The molecule has 0 saturated heterocycles. The minimum atomic E-state index is -4.06. The second-order valence-electron chi connectivity index (χ2n) is 10.2. The van der Waals surface area contributed by atoms with Crippen LogP contribution in [0, 0.1) is 0 Å². The van der Waals surface area contributed by atoms with Crippen LogP contribution >= 0.6 is 43.2 Å². The van der Waals surface area contributed by atoms with Crippen molar-refractivity contribution in [3.05, 3.63) is 85.9 Å². The van der Waals surface area contributed by atoms with Crippen LogP contribution < -0.4 is 9.64 Å². The Morgan fingerprint density at radius 1 is 0.791 bits per heavy atom. The van der Waals surface area contributed by atoms with Crippen molar-refractivity contribution in [3.8, 4) is 16.9 Å². The zero-order valence-electron chi connectivity index (χ0n) is 22.9. The number of aryl methyl sites for hydroxylation is 1. The molecule has 1 aromatic heterocycles. The maximum atomic E-state index is 11.3. The van der Waals surface area contributed by atoms with Crippen LogP contribution in [0.25, 0.3) is 27.3 Å². The Kier molecular flexibility index (Phi) is 10.0. The Balaban J connectivity index is 1.50. The van der Waals surface area contributed by atoms with E-state index in [0.29, 0.717) is 50.3 Å². The third-order valence-corrected chi connectivity index (χ3v) is 10.9. The Bertz CT molecular complexity index is 1890. The van der Waals surface area contributed by atoms with Crippen molar-refractivity contribution >= 4 is 85.3 Å². The first-order chi connectivity index (χ1) is 20.4. The van der Waals surface area contributed by atoms with Crippen LogP contribution in [0.4, 0.5) is 5.69 Å². The highest BCUT2D eigenvalue weighted by Gasteiger charge is 2.28. The van der Waals surface area contributed by atoms with Crippen LogP contribution in [0.15, 0.2) is 75.5 Å². The molecule has 1 aliphatic heterocycles. The van der Waals surface area contributed by atoms with Gasteiger partial charge in [0.2, 0.25) is 5.88 Å². The van der Waals surface area contributed by atoms with E-state index in [9.17, 15) is 21.4 Å². The van der Waals surface area contributed by atoms with Gasteiger partial charge < -0.3 is 9.64 Å². The van der Waals surface area contributed by atoms with Gasteiger partial charge in [-0.1, -0.05) is 50.1 Å². The van der Waals surface area contributed by atoms with Gasteiger partial charge in [0.05, 0.1) is 17.2 Å². The van der Waals surface area contributed by atoms with E-state index in [-0.39, 0.29) is 11.5 Å². The largest absolute Gasteiger partial charge is 0.439 e. The molecule has 5 rings (SSSR count). The summed E-state index contributed by atoms with van der Waals surface area (Å²) >= 11 is 8.65. The van der Waals surface area contributed by atoms with Crippen LogP contribution in [0.5, 0.6) is 5.75 Å². The lowest BCUT2D eigenvalue weighted by Crippen LogP contribution is -2.22. The van der Waals surface area contributed by atoms with E-state index in [1.807, 2.05) is 65.6 Å². The summed E-state index contributed by atoms with van der Waals surface area (Å²) in [5.74, 6) is 0.678. The number of rotatable bonds is 12. The van der Waals surface area contributed by atoms with Crippen molar-refractivity contribution in [2.45, 2.75) is 32.1 Å². The molecule has 0 bridgehead atoms. The Morgan fingerprint density at radius 3 is 2.14 bits per heavy atom. The van der Waals surface area contributed by atoms with Crippen molar-refractivity contribution in [2.75, 3.05) is 23.0 Å². The molecule has 228 valence electrons. The zero-order chi connectivity index (χ0) is 30.8. The number of hydrogen-bond donors (Lipinski definition) is 2. The molecule has 3 aromatic carbocycles. The predicted octanol–water partition coefficient (Wildman–Crippen LogP) is 8.17. The highest BCUT2D eigenvalue weighted by Crippen LogP contribution is 2.44. The van der Waals surface area contributed by atoms with Crippen LogP contribution in [0.2, 0.25) is 0 Å². The molecule has 2 N–H and O–H groups in total. The normalized spacial score (nSPS) is 14.4. The maximum absolute atomic E-state index is 11.3. The van der Waals surface area contributed by atoms with Gasteiger partial charge in [0.25, 0.3) is 20.2 Å². The smallest absolute Gasteiger partial charge is 0.264 e. The monoisotopic (exact) mass is 769 g/mol. The van der Waals surface area contributed by atoms with Crippen molar-refractivity contribution in [1.82, 2.24) is 0 Å². The number of fused-ring (bicyclic) bond motifs is 2. The van der Waals surface area contributed by atoms with Gasteiger partial charge in [-0.3, -0.25) is 9.11 Å². The molecule has 0 unspecified atom stereocenters. The van der Waals surface area contributed by atoms with E-state index in [1.54, 1.807) is 11.3 Å².